The van der Waals surface area contributed by atoms with Crippen LogP contribution in [0.15, 0.2) is 5.03 Å². The van der Waals surface area contributed by atoms with Crippen molar-refractivity contribution in [2.75, 3.05) is 6.54 Å². The lowest BCUT2D eigenvalue weighted by molar-refractivity contribution is 0.495. The van der Waals surface area contributed by atoms with Gasteiger partial charge >= 0.3 is 0 Å². The molecule has 0 bridgehead atoms. The van der Waals surface area contributed by atoms with E-state index in [0.717, 1.165) is 6.42 Å². The molecular formula is C12H22N4O2S. The number of aromatic amines is 1. The summed E-state index contributed by atoms with van der Waals surface area (Å²) in [5.41, 5.74) is 6.84. The molecule has 1 fully saturated rings. The number of nitrogens with two attached hydrogens (primary N) is 1. The van der Waals surface area contributed by atoms with Crippen LogP contribution in [0.2, 0.25) is 0 Å². The van der Waals surface area contributed by atoms with Crippen molar-refractivity contribution >= 4 is 10.0 Å². The Balaban J connectivity index is 1.97. The predicted molar refractivity (Wildman–Crippen MR) is 73.0 cm³/mol. The average Bonchev–Trinajstić information content (AvgIpc) is 2.98. The summed E-state index contributed by atoms with van der Waals surface area (Å²) in [6.45, 7) is 2.41. The smallest absolute Gasteiger partial charge is 0.260 e. The maximum absolute atomic E-state index is 12.1. The molecule has 1 saturated carbocycles. The number of hydrogen-bond donors (Lipinski definition) is 3. The second-order valence-electron chi connectivity index (χ2n) is 5.17. The SMILES string of the molecule is Cc1[nH]nc(S(=O)(=O)NCCC2CCCC2)c1CN. The minimum absolute atomic E-state index is 0.0407. The third-order valence-corrected chi connectivity index (χ3v) is 5.24. The van der Waals surface area contributed by atoms with Crippen molar-refractivity contribution in [2.24, 2.45) is 11.7 Å². The average molecular weight is 286 g/mol. The Morgan fingerprint density at radius 2 is 2.11 bits per heavy atom. The molecule has 0 atom stereocenters. The van der Waals surface area contributed by atoms with Crippen LogP contribution in [0.25, 0.3) is 0 Å². The summed E-state index contributed by atoms with van der Waals surface area (Å²) in [6.07, 6.45) is 5.88. The van der Waals surface area contributed by atoms with Crippen molar-refractivity contribution in [3.63, 3.8) is 0 Å². The van der Waals surface area contributed by atoms with Crippen LogP contribution >= 0.6 is 0 Å². The third kappa shape index (κ3) is 3.34. The van der Waals surface area contributed by atoms with E-state index in [9.17, 15) is 8.42 Å². The second kappa shape index (κ2) is 6.02. The molecule has 7 heteroatoms. The molecule has 108 valence electrons. The lowest BCUT2D eigenvalue weighted by Crippen LogP contribution is -2.27. The fourth-order valence-corrected chi connectivity index (χ4v) is 3.91. The van der Waals surface area contributed by atoms with E-state index >= 15 is 0 Å². The zero-order chi connectivity index (χ0) is 13.9. The van der Waals surface area contributed by atoms with Gasteiger partial charge in [-0.15, -0.1) is 0 Å². The van der Waals surface area contributed by atoms with Gasteiger partial charge < -0.3 is 5.73 Å². The minimum atomic E-state index is -3.55. The first-order valence-electron chi connectivity index (χ1n) is 6.78. The number of rotatable bonds is 6. The van der Waals surface area contributed by atoms with E-state index in [1.54, 1.807) is 6.92 Å². The summed E-state index contributed by atoms with van der Waals surface area (Å²) >= 11 is 0. The fourth-order valence-electron chi connectivity index (χ4n) is 2.66. The zero-order valence-corrected chi connectivity index (χ0v) is 12.1. The van der Waals surface area contributed by atoms with Crippen LogP contribution in [0, 0.1) is 12.8 Å². The predicted octanol–water partition coefficient (Wildman–Crippen LogP) is 1.04. The molecule has 0 unspecified atom stereocenters. The molecule has 19 heavy (non-hydrogen) atoms. The van der Waals surface area contributed by atoms with E-state index in [4.69, 9.17) is 5.73 Å². The van der Waals surface area contributed by atoms with Crippen molar-refractivity contribution in [1.29, 1.82) is 0 Å². The molecule has 4 N–H and O–H groups in total. The molecule has 1 aromatic heterocycles. The standard InChI is InChI=1S/C12H22N4O2S/c1-9-11(8-13)12(16-15-9)19(17,18)14-7-6-10-4-2-3-5-10/h10,14H,2-8,13H2,1H3,(H,15,16). The van der Waals surface area contributed by atoms with Crippen LogP contribution in [0.3, 0.4) is 0 Å². The maximum atomic E-state index is 12.1. The number of aromatic nitrogens is 2. The van der Waals surface area contributed by atoms with Crippen LogP contribution in [0.5, 0.6) is 0 Å². The van der Waals surface area contributed by atoms with Crippen molar-refractivity contribution in [3.05, 3.63) is 11.3 Å². The number of nitrogens with one attached hydrogen (secondary N) is 2. The fraction of sp³-hybridized carbons (Fsp3) is 0.750. The molecule has 1 heterocycles. The number of sulfonamides is 1. The van der Waals surface area contributed by atoms with Crippen molar-refractivity contribution < 1.29 is 8.42 Å². The second-order valence-corrected chi connectivity index (χ2v) is 6.86. The van der Waals surface area contributed by atoms with E-state index in [0.29, 0.717) is 23.7 Å². The highest BCUT2D eigenvalue weighted by Crippen LogP contribution is 2.27. The van der Waals surface area contributed by atoms with Crippen molar-refractivity contribution in [3.8, 4) is 0 Å². The van der Waals surface area contributed by atoms with Gasteiger partial charge in [0.2, 0.25) is 0 Å². The molecule has 0 radical (unpaired) electrons. The van der Waals surface area contributed by atoms with Gasteiger partial charge in [0.15, 0.2) is 5.03 Å². The number of hydrogen-bond acceptors (Lipinski definition) is 4. The molecule has 0 spiro atoms. The topological polar surface area (TPSA) is 101 Å². The van der Waals surface area contributed by atoms with Gasteiger partial charge in [-0.25, -0.2) is 13.1 Å². The molecule has 1 aromatic rings. The molecule has 0 aliphatic heterocycles. The van der Waals surface area contributed by atoms with Crippen LogP contribution in [0.4, 0.5) is 0 Å². The van der Waals surface area contributed by atoms with Gasteiger partial charge in [0.05, 0.1) is 0 Å². The third-order valence-electron chi connectivity index (χ3n) is 3.81. The number of H-pyrrole nitrogens is 1. The van der Waals surface area contributed by atoms with Gasteiger partial charge in [-0.2, -0.15) is 5.10 Å². The molecule has 6 nitrogen and oxygen atoms in total. The lowest BCUT2D eigenvalue weighted by Gasteiger charge is -2.10. The Kier molecular flexibility index (Phi) is 4.59. The highest BCUT2D eigenvalue weighted by Gasteiger charge is 2.23. The first-order valence-corrected chi connectivity index (χ1v) is 8.26. The normalized spacial score (nSPS) is 17.2. The summed E-state index contributed by atoms with van der Waals surface area (Å²) in [7, 11) is -3.55. The summed E-state index contributed by atoms with van der Waals surface area (Å²) in [5, 5.41) is 6.57. The largest absolute Gasteiger partial charge is 0.326 e. The number of aryl methyl sites for hydroxylation is 1. The van der Waals surface area contributed by atoms with Crippen molar-refractivity contribution in [2.45, 2.75) is 50.6 Å². The first kappa shape index (κ1) is 14.5. The first-order chi connectivity index (χ1) is 9.04. The van der Waals surface area contributed by atoms with E-state index in [1.807, 2.05) is 0 Å². The lowest BCUT2D eigenvalue weighted by atomic mass is 10.1. The van der Waals surface area contributed by atoms with Gasteiger partial charge in [-0.3, -0.25) is 5.10 Å². The van der Waals surface area contributed by atoms with Crippen molar-refractivity contribution in [1.82, 2.24) is 14.9 Å². The van der Waals surface area contributed by atoms with Gasteiger partial charge in [0.25, 0.3) is 10.0 Å². The quantitative estimate of drug-likeness (QED) is 0.727. The summed E-state index contributed by atoms with van der Waals surface area (Å²) in [4.78, 5) is 0. The van der Waals surface area contributed by atoms with E-state index in [2.05, 4.69) is 14.9 Å². The molecule has 0 aromatic carbocycles. The molecule has 1 aliphatic rings. The highest BCUT2D eigenvalue weighted by molar-refractivity contribution is 7.89. The highest BCUT2D eigenvalue weighted by atomic mass is 32.2. The number of nitrogens with zero attached hydrogens (tertiary/aromatic N) is 1. The summed E-state index contributed by atoms with van der Waals surface area (Å²) < 4.78 is 26.9. The Morgan fingerprint density at radius 3 is 2.74 bits per heavy atom. The molecule has 2 rings (SSSR count). The zero-order valence-electron chi connectivity index (χ0n) is 11.3. The van der Waals surface area contributed by atoms with Crippen LogP contribution in [-0.4, -0.2) is 25.2 Å². The van der Waals surface area contributed by atoms with Gasteiger partial charge in [-0.05, 0) is 19.3 Å². The van der Waals surface area contributed by atoms with Crippen LogP contribution in [-0.2, 0) is 16.6 Å². The Bertz CT molecular complexity index is 518. The van der Waals surface area contributed by atoms with Gasteiger partial charge in [0.1, 0.15) is 0 Å². The van der Waals surface area contributed by atoms with E-state index in [-0.39, 0.29) is 11.6 Å². The molecular weight excluding hydrogens is 264 g/mol. The minimum Gasteiger partial charge on any atom is -0.326 e. The monoisotopic (exact) mass is 286 g/mol. The maximum Gasteiger partial charge on any atom is 0.260 e. The molecule has 1 aliphatic carbocycles. The van der Waals surface area contributed by atoms with Gasteiger partial charge in [0, 0.05) is 24.3 Å². The summed E-state index contributed by atoms with van der Waals surface area (Å²) in [6, 6.07) is 0. The Labute approximate surface area is 114 Å². The van der Waals surface area contributed by atoms with E-state index < -0.39 is 10.0 Å². The van der Waals surface area contributed by atoms with Crippen LogP contribution in [0.1, 0.15) is 43.4 Å². The van der Waals surface area contributed by atoms with E-state index in [1.165, 1.54) is 25.7 Å². The Hall–Kier alpha value is -0.920. The van der Waals surface area contributed by atoms with Gasteiger partial charge in [-0.1, -0.05) is 25.7 Å². The molecule has 0 amide bonds. The Morgan fingerprint density at radius 1 is 1.42 bits per heavy atom. The summed E-state index contributed by atoms with van der Waals surface area (Å²) in [5.74, 6) is 0.664. The molecule has 0 saturated heterocycles. The van der Waals surface area contributed by atoms with Crippen LogP contribution < -0.4 is 10.5 Å².